The molecule has 0 bridgehead atoms. The minimum Gasteiger partial charge on any atom is -0.273 e. The summed E-state index contributed by atoms with van der Waals surface area (Å²) in [5.74, 6) is -0.0908. The van der Waals surface area contributed by atoms with E-state index >= 15 is 0 Å². The highest BCUT2D eigenvalue weighted by Crippen LogP contribution is 2.06. The van der Waals surface area contributed by atoms with E-state index in [4.69, 9.17) is 0 Å². The Balaban J connectivity index is 2.79. The first-order valence-corrected chi connectivity index (χ1v) is 6.07. The standard InChI is InChI=1S/C14H20N2O/c1-4-8-13(12-9-6-5-7-10-12)15-16-14(17)11(2)3/h5-7,9-11H,4,8H2,1-3H3,(H,16,17)/b15-13+. The van der Waals surface area contributed by atoms with Crippen LogP contribution in [0.3, 0.4) is 0 Å². The fourth-order valence-corrected chi connectivity index (χ4v) is 1.38. The average Bonchev–Trinajstić information content (AvgIpc) is 2.35. The second-order valence-electron chi connectivity index (χ2n) is 4.31. The molecule has 0 saturated carbocycles. The molecule has 0 unspecified atom stereocenters. The average molecular weight is 232 g/mol. The van der Waals surface area contributed by atoms with Crippen LogP contribution in [0.2, 0.25) is 0 Å². The van der Waals surface area contributed by atoms with Gasteiger partial charge in [-0.2, -0.15) is 5.10 Å². The molecule has 3 heteroatoms. The molecule has 1 N–H and O–H groups in total. The molecule has 17 heavy (non-hydrogen) atoms. The molecule has 0 heterocycles. The molecule has 0 radical (unpaired) electrons. The lowest BCUT2D eigenvalue weighted by Gasteiger charge is -2.07. The first-order chi connectivity index (χ1) is 8.15. The van der Waals surface area contributed by atoms with Gasteiger partial charge in [-0.25, -0.2) is 5.43 Å². The summed E-state index contributed by atoms with van der Waals surface area (Å²) in [5, 5.41) is 4.22. The van der Waals surface area contributed by atoms with Gasteiger partial charge in [0.1, 0.15) is 0 Å². The fourth-order valence-electron chi connectivity index (χ4n) is 1.38. The number of hydrogen-bond acceptors (Lipinski definition) is 2. The lowest BCUT2D eigenvalue weighted by Crippen LogP contribution is -2.24. The third-order valence-corrected chi connectivity index (χ3v) is 2.42. The van der Waals surface area contributed by atoms with E-state index in [9.17, 15) is 4.79 Å². The molecule has 0 aliphatic rings. The van der Waals surface area contributed by atoms with Crippen molar-refractivity contribution in [1.29, 1.82) is 0 Å². The Morgan fingerprint density at radius 1 is 1.29 bits per heavy atom. The zero-order valence-corrected chi connectivity index (χ0v) is 10.7. The van der Waals surface area contributed by atoms with Crippen LogP contribution in [0.1, 0.15) is 39.2 Å². The molecule has 1 aromatic carbocycles. The van der Waals surface area contributed by atoms with Crippen LogP contribution in [-0.4, -0.2) is 11.6 Å². The summed E-state index contributed by atoms with van der Waals surface area (Å²) in [6.45, 7) is 5.81. The summed E-state index contributed by atoms with van der Waals surface area (Å²) >= 11 is 0. The zero-order chi connectivity index (χ0) is 12.7. The van der Waals surface area contributed by atoms with Crippen LogP contribution in [0.15, 0.2) is 35.4 Å². The van der Waals surface area contributed by atoms with Crippen LogP contribution in [0.5, 0.6) is 0 Å². The molecule has 1 amide bonds. The summed E-state index contributed by atoms with van der Waals surface area (Å²) in [4.78, 5) is 11.5. The molecule has 1 aromatic rings. The normalized spacial score (nSPS) is 11.6. The van der Waals surface area contributed by atoms with Crippen molar-refractivity contribution in [3.63, 3.8) is 0 Å². The first kappa shape index (κ1) is 13.4. The van der Waals surface area contributed by atoms with E-state index in [0.29, 0.717) is 0 Å². The van der Waals surface area contributed by atoms with Crippen LogP contribution in [0.25, 0.3) is 0 Å². The highest BCUT2D eigenvalue weighted by atomic mass is 16.2. The van der Waals surface area contributed by atoms with Gasteiger partial charge in [0.15, 0.2) is 0 Å². The van der Waals surface area contributed by atoms with Gasteiger partial charge in [-0.15, -0.1) is 0 Å². The van der Waals surface area contributed by atoms with Gasteiger partial charge in [0.2, 0.25) is 5.91 Å². The van der Waals surface area contributed by atoms with Gasteiger partial charge < -0.3 is 0 Å². The molecule has 0 aromatic heterocycles. The summed E-state index contributed by atoms with van der Waals surface area (Å²) in [7, 11) is 0. The molecular formula is C14H20N2O. The molecule has 0 aliphatic carbocycles. The Morgan fingerprint density at radius 2 is 1.94 bits per heavy atom. The van der Waals surface area contributed by atoms with E-state index in [0.717, 1.165) is 24.1 Å². The van der Waals surface area contributed by atoms with Gasteiger partial charge in [-0.3, -0.25) is 4.79 Å². The van der Waals surface area contributed by atoms with Crippen LogP contribution in [0, 0.1) is 5.92 Å². The molecule has 92 valence electrons. The predicted molar refractivity (Wildman–Crippen MR) is 70.9 cm³/mol. The second-order valence-corrected chi connectivity index (χ2v) is 4.31. The Kier molecular flexibility index (Phi) is 5.40. The van der Waals surface area contributed by atoms with Crippen LogP contribution >= 0.6 is 0 Å². The Morgan fingerprint density at radius 3 is 2.47 bits per heavy atom. The van der Waals surface area contributed by atoms with E-state index in [1.54, 1.807) is 0 Å². The maximum atomic E-state index is 11.5. The van der Waals surface area contributed by atoms with Gasteiger partial charge in [0, 0.05) is 5.92 Å². The number of hydrazone groups is 1. The molecule has 0 atom stereocenters. The number of hydrogen-bond donors (Lipinski definition) is 1. The largest absolute Gasteiger partial charge is 0.273 e. The molecule has 0 fully saturated rings. The lowest BCUT2D eigenvalue weighted by atomic mass is 10.1. The van der Waals surface area contributed by atoms with Crippen LogP contribution in [-0.2, 0) is 4.79 Å². The van der Waals surface area contributed by atoms with E-state index in [1.807, 2.05) is 44.2 Å². The second kappa shape index (κ2) is 6.84. The Labute approximate surface area is 103 Å². The van der Waals surface area contributed by atoms with E-state index in [1.165, 1.54) is 0 Å². The van der Waals surface area contributed by atoms with Crippen molar-refractivity contribution >= 4 is 11.6 Å². The third kappa shape index (κ3) is 4.39. The number of carbonyl (C=O) groups excluding carboxylic acids is 1. The van der Waals surface area contributed by atoms with Crippen molar-refractivity contribution in [3.05, 3.63) is 35.9 Å². The van der Waals surface area contributed by atoms with Crippen LogP contribution < -0.4 is 5.43 Å². The van der Waals surface area contributed by atoms with Crippen molar-refractivity contribution in [2.45, 2.75) is 33.6 Å². The summed E-state index contributed by atoms with van der Waals surface area (Å²) in [5.41, 5.74) is 4.61. The summed E-state index contributed by atoms with van der Waals surface area (Å²) < 4.78 is 0. The number of nitrogens with one attached hydrogen (secondary N) is 1. The minimum absolute atomic E-state index is 0.0441. The van der Waals surface area contributed by atoms with E-state index < -0.39 is 0 Å². The van der Waals surface area contributed by atoms with E-state index in [-0.39, 0.29) is 11.8 Å². The van der Waals surface area contributed by atoms with Crippen molar-refractivity contribution < 1.29 is 4.79 Å². The number of carbonyl (C=O) groups is 1. The highest BCUT2D eigenvalue weighted by molar-refractivity contribution is 6.01. The van der Waals surface area contributed by atoms with Crippen molar-refractivity contribution in [2.75, 3.05) is 0 Å². The smallest absolute Gasteiger partial charge is 0.242 e. The first-order valence-electron chi connectivity index (χ1n) is 6.07. The number of benzene rings is 1. The van der Waals surface area contributed by atoms with Gasteiger partial charge in [0.25, 0.3) is 0 Å². The lowest BCUT2D eigenvalue weighted by molar-refractivity contribution is -0.123. The van der Waals surface area contributed by atoms with Crippen molar-refractivity contribution in [1.82, 2.24) is 5.43 Å². The summed E-state index contributed by atoms with van der Waals surface area (Å²) in [6, 6.07) is 9.95. The molecule has 0 saturated heterocycles. The van der Waals surface area contributed by atoms with Crippen molar-refractivity contribution in [3.8, 4) is 0 Å². The monoisotopic (exact) mass is 232 g/mol. The third-order valence-electron chi connectivity index (χ3n) is 2.42. The summed E-state index contributed by atoms with van der Waals surface area (Å²) in [6.07, 6.45) is 1.87. The molecular weight excluding hydrogens is 212 g/mol. The van der Waals surface area contributed by atoms with Crippen molar-refractivity contribution in [2.24, 2.45) is 11.0 Å². The maximum Gasteiger partial charge on any atom is 0.242 e. The number of amides is 1. The maximum absolute atomic E-state index is 11.5. The predicted octanol–water partition coefficient (Wildman–Crippen LogP) is 2.96. The molecule has 3 nitrogen and oxygen atoms in total. The highest BCUT2D eigenvalue weighted by Gasteiger charge is 2.07. The Bertz CT molecular complexity index is 382. The zero-order valence-electron chi connectivity index (χ0n) is 10.7. The SMILES string of the molecule is CCC/C(=N\NC(=O)C(C)C)c1ccccc1. The Hall–Kier alpha value is -1.64. The van der Waals surface area contributed by atoms with E-state index in [2.05, 4.69) is 17.5 Å². The van der Waals surface area contributed by atoms with Crippen LogP contribution in [0.4, 0.5) is 0 Å². The molecule has 0 aliphatic heterocycles. The quantitative estimate of drug-likeness (QED) is 0.615. The van der Waals surface area contributed by atoms with Gasteiger partial charge in [-0.1, -0.05) is 57.5 Å². The molecule has 0 spiro atoms. The fraction of sp³-hybridized carbons (Fsp3) is 0.429. The van der Waals surface area contributed by atoms with Gasteiger partial charge >= 0.3 is 0 Å². The van der Waals surface area contributed by atoms with Gasteiger partial charge in [0.05, 0.1) is 5.71 Å². The number of rotatable bonds is 5. The molecule has 1 rings (SSSR count). The number of nitrogens with zero attached hydrogens (tertiary/aromatic N) is 1. The minimum atomic E-state index is -0.0467. The van der Waals surface area contributed by atoms with Gasteiger partial charge in [-0.05, 0) is 12.0 Å². The topological polar surface area (TPSA) is 41.5 Å².